The van der Waals surface area contributed by atoms with Gasteiger partial charge in [-0.25, -0.2) is 0 Å². The van der Waals surface area contributed by atoms with Crippen LogP contribution in [-0.4, -0.2) is 15.6 Å². The van der Waals surface area contributed by atoms with E-state index in [9.17, 15) is 9.59 Å². The Morgan fingerprint density at radius 2 is 1.79 bits per heavy atom. The van der Waals surface area contributed by atoms with E-state index in [4.69, 9.17) is 27.7 Å². The molecule has 1 heterocycles. The fourth-order valence-electron chi connectivity index (χ4n) is 1.22. The first-order valence-electron chi connectivity index (χ1n) is 3.76. The van der Waals surface area contributed by atoms with Crippen LogP contribution in [0.3, 0.4) is 0 Å². The first-order valence-corrected chi connectivity index (χ1v) is 4.52. The third kappa shape index (κ3) is 1.96. The van der Waals surface area contributed by atoms with Crippen LogP contribution in [0.15, 0.2) is 4.52 Å². The highest BCUT2D eigenvalue weighted by Gasteiger charge is 2.31. The van der Waals surface area contributed by atoms with E-state index in [-0.39, 0.29) is 0 Å². The fourth-order valence-corrected chi connectivity index (χ4v) is 1.69. The monoisotopic (exact) mass is 235 g/mol. The Morgan fingerprint density at radius 3 is 2.07 bits per heavy atom. The van der Waals surface area contributed by atoms with E-state index in [2.05, 4.69) is 5.16 Å². The summed E-state index contributed by atoms with van der Waals surface area (Å²) in [5.41, 5.74) is 0.792. The normalized spacial score (nSPS) is 10.6. The molecular formula is C8H7Cl2NO3. The molecule has 0 fully saturated rings. The summed E-state index contributed by atoms with van der Waals surface area (Å²) in [5, 5.41) is 1.94. The Balaban J connectivity index is 3.24. The summed E-state index contributed by atoms with van der Waals surface area (Å²) in [7, 11) is 0. The minimum Gasteiger partial charge on any atom is -0.361 e. The van der Waals surface area contributed by atoms with Crippen molar-refractivity contribution < 1.29 is 14.1 Å². The molecule has 0 aliphatic heterocycles. The molecule has 0 aromatic carbocycles. The average Bonchev–Trinajstić information content (AvgIpc) is 2.34. The van der Waals surface area contributed by atoms with Crippen molar-refractivity contribution in [2.75, 3.05) is 0 Å². The molecule has 0 N–H and O–H groups in total. The van der Waals surface area contributed by atoms with Crippen LogP contribution in [0.25, 0.3) is 0 Å². The Bertz CT molecular complexity index is 352. The number of aromatic nitrogens is 1. The van der Waals surface area contributed by atoms with Gasteiger partial charge in [0.25, 0.3) is 0 Å². The van der Waals surface area contributed by atoms with Crippen LogP contribution in [0.1, 0.15) is 22.9 Å². The van der Waals surface area contributed by atoms with Gasteiger partial charge < -0.3 is 4.52 Å². The molecule has 0 aliphatic rings. The fraction of sp³-hybridized carbons (Fsp3) is 0.375. The molecule has 0 radical (unpaired) electrons. The molecule has 0 unspecified atom stereocenters. The predicted octanol–water partition coefficient (Wildman–Crippen LogP) is 1.91. The molecule has 0 aliphatic carbocycles. The summed E-state index contributed by atoms with van der Waals surface area (Å²) in [5.74, 6) is -0.819. The van der Waals surface area contributed by atoms with Crippen LogP contribution in [0.4, 0.5) is 0 Å². The first kappa shape index (κ1) is 11.2. The van der Waals surface area contributed by atoms with Gasteiger partial charge in [0.15, 0.2) is 0 Å². The van der Waals surface area contributed by atoms with E-state index < -0.39 is 16.4 Å². The largest absolute Gasteiger partial charge is 0.361 e. The molecule has 0 saturated heterocycles. The van der Waals surface area contributed by atoms with Gasteiger partial charge in [-0.1, -0.05) is 5.16 Å². The first-order chi connectivity index (χ1) is 6.45. The summed E-state index contributed by atoms with van der Waals surface area (Å²) in [6.45, 7) is 3.19. The minimum absolute atomic E-state index is 0.352. The van der Waals surface area contributed by atoms with E-state index in [0.29, 0.717) is 17.0 Å². The second kappa shape index (κ2) is 4.11. The van der Waals surface area contributed by atoms with Gasteiger partial charge in [0, 0.05) is 5.56 Å². The van der Waals surface area contributed by atoms with Crippen molar-refractivity contribution in [3.63, 3.8) is 0 Å². The zero-order valence-electron chi connectivity index (χ0n) is 7.51. The Hall–Kier alpha value is -0.870. The number of rotatable bonds is 3. The average molecular weight is 236 g/mol. The summed E-state index contributed by atoms with van der Waals surface area (Å²) in [6.07, 6.45) is 0. The molecule has 0 bridgehead atoms. The number of carbonyl (C=O) groups excluding carboxylic acids is 2. The molecule has 76 valence electrons. The number of hydrogen-bond acceptors (Lipinski definition) is 4. The lowest BCUT2D eigenvalue weighted by atomic mass is 10.0. The number of aryl methyl sites for hydroxylation is 2. The number of carbonyl (C=O) groups is 2. The molecule has 1 rings (SSSR count). The summed E-state index contributed by atoms with van der Waals surface area (Å²) >= 11 is 10.5. The van der Waals surface area contributed by atoms with Crippen molar-refractivity contribution in [1.29, 1.82) is 0 Å². The zero-order valence-corrected chi connectivity index (χ0v) is 9.02. The van der Waals surface area contributed by atoms with E-state index in [1.807, 2.05) is 0 Å². The van der Waals surface area contributed by atoms with Crippen molar-refractivity contribution >= 4 is 33.7 Å². The highest BCUT2D eigenvalue weighted by Crippen LogP contribution is 2.27. The van der Waals surface area contributed by atoms with Crippen LogP contribution in [0.2, 0.25) is 0 Å². The lowest BCUT2D eigenvalue weighted by Gasteiger charge is -2.05. The molecule has 0 spiro atoms. The van der Waals surface area contributed by atoms with Crippen molar-refractivity contribution in [1.82, 2.24) is 5.16 Å². The second-order valence-electron chi connectivity index (χ2n) is 2.78. The number of halogens is 2. The third-order valence-corrected chi connectivity index (χ3v) is 2.27. The van der Waals surface area contributed by atoms with Crippen LogP contribution >= 0.6 is 23.2 Å². The van der Waals surface area contributed by atoms with E-state index in [0.717, 1.165) is 0 Å². The van der Waals surface area contributed by atoms with Crippen LogP contribution < -0.4 is 0 Å². The van der Waals surface area contributed by atoms with Gasteiger partial charge in [0.2, 0.25) is 10.5 Å². The third-order valence-electron chi connectivity index (χ3n) is 1.83. The molecule has 14 heavy (non-hydrogen) atoms. The smallest absolute Gasteiger partial charge is 0.238 e. The highest BCUT2D eigenvalue weighted by atomic mass is 35.5. The zero-order chi connectivity index (χ0) is 10.9. The van der Waals surface area contributed by atoms with Crippen LogP contribution in [0, 0.1) is 13.8 Å². The van der Waals surface area contributed by atoms with E-state index in [1.165, 1.54) is 0 Å². The van der Waals surface area contributed by atoms with Crippen molar-refractivity contribution in [2.45, 2.75) is 19.8 Å². The van der Waals surface area contributed by atoms with Gasteiger partial charge in [-0.15, -0.1) is 0 Å². The maximum Gasteiger partial charge on any atom is 0.238 e. The second-order valence-corrected chi connectivity index (χ2v) is 3.52. The lowest BCUT2D eigenvalue weighted by molar-refractivity contribution is -0.120. The molecule has 0 amide bonds. The Kier molecular flexibility index (Phi) is 3.29. The molecular weight excluding hydrogens is 229 g/mol. The SMILES string of the molecule is Cc1noc(C)c1C(C(=O)Cl)C(=O)Cl. The van der Waals surface area contributed by atoms with Gasteiger partial charge in [-0.2, -0.15) is 0 Å². The van der Waals surface area contributed by atoms with Gasteiger partial charge in [0.05, 0.1) is 5.69 Å². The Morgan fingerprint density at radius 1 is 1.29 bits per heavy atom. The molecule has 4 nitrogen and oxygen atoms in total. The van der Waals surface area contributed by atoms with E-state index in [1.54, 1.807) is 13.8 Å². The maximum absolute atomic E-state index is 11.0. The van der Waals surface area contributed by atoms with Crippen molar-refractivity contribution in [2.24, 2.45) is 0 Å². The summed E-state index contributed by atoms with van der Waals surface area (Å²) in [4.78, 5) is 22.0. The Labute approximate surface area is 90.2 Å². The minimum atomic E-state index is -1.19. The molecule has 1 aromatic rings. The van der Waals surface area contributed by atoms with Gasteiger partial charge in [-0.05, 0) is 37.0 Å². The lowest BCUT2D eigenvalue weighted by Crippen LogP contribution is -2.15. The topological polar surface area (TPSA) is 60.2 Å². The molecule has 0 atom stereocenters. The predicted molar refractivity (Wildman–Crippen MR) is 50.4 cm³/mol. The molecule has 6 heteroatoms. The number of nitrogens with zero attached hydrogens (tertiary/aromatic N) is 1. The quantitative estimate of drug-likeness (QED) is 0.594. The standard InChI is InChI=1S/C8H7Cl2NO3/c1-3-5(4(2)14-11-3)6(7(9)12)8(10)13/h6H,1-2H3. The number of hydrogen-bond donors (Lipinski definition) is 0. The van der Waals surface area contributed by atoms with Crippen LogP contribution in [-0.2, 0) is 9.59 Å². The van der Waals surface area contributed by atoms with E-state index >= 15 is 0 Å². The summed E-state index contributed by atoms with van der Waals surface area (Å²) in [6, 6.07) is 0. The summed E-state index contributed by atoms with van der Waals surface area (Å²) < 4.78 is 4.80. The molecule has 1 aromatic heterocycles. The molecule has 0 saturated carbocycles. The van der Waals surface area contributed by atoms with Crippen LogP contribution in [0.5, 0.6) is 0 Å². The van der Waals surface area contributed by atoms with Gasteiger partial charge in [0.1, 0.15) is 11.7 Å². The maximum atomic E-state index is 11.0. The highest BCUT2D eigenvalue weighted by molar-refractivity contribution is 6.74. The van der Waals surface area contributed by atoms with Crippen molar-refractivity contribution in [3.8, 4) is 0 Å². The van der Waals surface area contributed by atoms with Gasteiger partial charge >= 0.3 is 0 Å². The van der Waals surface area contributed by atoms with Crippen molar-refractivity contribution in [3.05, 3.63) is 17.0 Å². The van der Waals surface area contributed by atoms with Gasteiger partial charge in [-0.3, -0.25) is 9.59 Å².